The molecule has 0 unspecified atom stereocenters. The number of thiophene rings is 1. The first kappa shape index (κ1) is 17.1. The van der Waals surface area contributed by atoms with Crippen molar-refractivity contribution in [1.29, 1.82) is 0 Å². The maximum atomic E-state index is 12.2. The van der Waals surface area contributed by atoms with E-state index in [1.807, 2.05) is 30.3 Å². The van der Waals surface area contributed by atoms with Gasteiger partial charge in [-0.2, -0.15) is 0 Å². The lowest BCUT2D eigenvalue weighted by Crippen LogP contribution is -2.32. The van der Waals surface area contributed by atoms with E-state index in [0.717, 1.165) is 33.2 Å². The zero-order chi connectivity index (χ0) is 16.2. The fraction of sp³-hybridized carbons (Fsp3) is 0.353. The minimum Gasteiger partial charge on any atom is -0.460 e. The lowest BCUT2D eigenvalue weighted by Gasteiger charge is -2.10. The molecule has 3 nitrogen and oxygen atoms in total. The Morgan fingerprint density at radius 1 is 1.30 bits per heavy atom. The zero-order valence-electron chi connectivity index (χ0n) is 12.4. The number of carbonyl (C=O) groups excluding carboxylic acids is 1. The fourth-order valence-corrected chi connectivity index (χ4v) is 5.04. The molecule has 6 heteroatoms. The van der Waals surface area contributed by atoms with Gasteiger partial charge in [0.15, 0.2) is 0 Å². The lowest BCUT2D eigenvalue weighted by molar-refractivity contribution is -0.147. The van der Waals surface area contributed by atoms with E-state index >= 15 is 0 Å². The van der Waals surface area contributed by atoms with Gasteiger partial charge in [0.05, 0.1) is 3.79 Å². The van der Waals surface area contributed by atoms with E-state index in [0.29, 0.717) is 12.5 Å². The van der Waals surface area contributed by atoms with Gasteiger partial charge in [0.2, 0.25) is 0 Å². The molecular formula is C17H17Br2NO2S. The van der Waals surface area contributed by atoms with Crippen LogP contribution >= 0.6 is 43.2 Å². The van der Waals surface area contributed by atoms with Crippen LogP contribution in [-0.4, -0.2) is 18.6 Å². The summed E-state index contributed by atoms with van der Waals surface area (Å²) in [6.45, 7) is 1.20. The molecule has 0 radical (unpaired) electrons. The second-order valence-electron chi connectivity index (χ2n) is 5.69. The molecule has 0 saturated carbocycles. The van der Waals surface area contributed by atoms with Gasteiger partial charge in [0, 0.05) is 9.35 Å². The van der Waals surface area contributed by atoms with Gasteiger partial charge >= 0.3 is 5.97 Å². The Kier molecular flexibility index (Phi) is 5.91. The highest BCUT2D eigenvalue weighted by Gasteiger charge is 2.30. The molecule has 0 spiro atoms. The van der Waals surface area contributed by atoms with Crippen LogP contribution in [-0.2, 0) is 22.6 Å². The molecule has 1 N–H and O–H groups in total. The van der Waals surface area contributed by atoms with Gasteiger partial charge in [-0.25, -0.2) is 0 Å². The van der Waals surface area contributed by atoms with Gasteiger partial charge in [0.25, 0.3) is 0 Å². The minimum atomic E-state index is -0.185. The van der Waals surface area contributed by atoms with Crippen LogP contribution in [0.25, 0.3) is 0 Å². The molecule has 2 heterocycles. The molecule has 23 heavy (non-hydrogen) atoms. The van der Waals surface area contributed by atoms with Gasteiger partial charge in [-0.15, -0.1) is 11.3 Å². The van der Waals surface area contributed by atoms with E-state index in [4.69, 9.17) is 4.74 Å². The van der Waals surface area contributed by atoms with E-state index < -0.39 is 0 Å². The molecule has 1 fully saturated rings. The minimum absolute atomic E-state index is 0.148. The second kappa shape index (κ2) is 7.92. The molecule has 0 aliphatic carbocycles. The summed E-state index contributed by atoms with van der Waals surface area (Å²) in [5.74, 6) is 0.326. The van der Waals surface area contributed by atoms with Crippen LogP contribution < -0.4 is 5.32 Å². The van der Waals surface area contributed by atoms with Crippen molar-refractivity contribution in [3.05, 3.63) is 55.1 Å². The molecule has 2 aromatic rings. The molecular weight excluding hydrogens is 442 g/mol. The van der Waals surface area contributed by atoms with E-state index in [9.17, 15) is 4.79 Å². The van der Waals surface area contributed by atoms with Crippen molar-refractivity contribution in [2.45, 2.75) is 25.5 Å². The van der Waals surface area contributed by atoms with Crippen molar-refractivity contribution in [2.75, 3.05) is 6.54 Å². The molecule has 1 aromatic heterocycles. The van der Waals surface area contributed by atoms with Gasteiger partial charge in [-0.1, -0.05) is 30.3 Å². The molecule has 1 aromatic carbocycles. The van der Waals surface area contributed by atoms with Gasteiger partial charge in [0.1, 0.15) is 12.6 Å². The number of hydrogen-bond donors (Lipinski definition) is 1. The van der Waals surface area contributed by atoms with Crippen molar-refractivity contribution in [2.24, 2.45) is 5.92 Å². The summed E-state index contributed by atoms with van der Waals surface area (Å²) < 4.78 is 7.64. The molecule has 3 rings (SSSR count). The predicted octanol–water partition coefficient (Wildman–Crippen LogP) is 4.54. The fourth-order valence-electron chi connectivity index (χ4n) is 2.75. The van der Waals surface area contributed by atoms with Crippen LogP contribution in [0, 0.1) is 5.92 Å². The van der Waals surface area contributed by atoms with Crippen molar-refractivity contribution in [3.63, 3.8) is 0 Å². The highest BCUT2D eigenvalue weighted by atomic mass is 79.9. The van der Waals surface area contributed by atoms with Crippen LogP contribution in [0.3, 0.4) is 0 Å². The highest BCUT2D eigenvalue weighted by molar-refractivity contribution is 9.13. The van der Waals surface area contributed by atoms with Crippen molar-refractivity contribution >= 4 is 49.2 Å². The Hall–Kier alpha value is -0.690. The van der Waals surface area contributed by atoms with Crippen molar-refractivity contribution in [3.8, 4) is 0 Å². The summed E-state index contributed by atoms with van der Waals surface area (Å²) in [7, 11) is 0. The van der Waals surface area contributed by atoms with Crippen molar-refractivity contribution in [1.82, 2.24) is 5.32 Å². The second-order valence-corrected chi connectivity index (χ2v) is 9.00. The first-order valence-corrected chi connectivity index (χ1v) is 9.89. The standard InChI is InChI=1S/C17H17Br2NO2S/c18-14-8-13(23-16(14)19)6-12-7-15(20-9-12)17(21)22-10-11-4-2-1-3-5-11/h1-5,8,12,15,20H,6-7,9-10H2/t12-,15+/m0/s1. The lowest BCUT2D eigenvalue weighted by atomic mass is 10.0. The Morgan fingerprint density at radius 3 is 2.78 bits per heavy atom. The van der Waals surface area contributed by atoms with E-state index in [1.165, 1.54) is 4.88 Å². The molecule has 0 amide bonds. The summed E-state index contributed by atoms with van der Waals surface area (Å²) in [4.78, 5) is 13.5. The van der Waals surface area contributed by atoms with Gasteiger partial charge < -0.3 is 10.1 Å². The monoisotopic (exact) mass is 457 g/mol. The average molecular weight is 459 g/mol. The van der Waals surface area contributed by atoms with Crippen LogP contribution in [0.5, 0.6) is 0 Å². The average Bonchev–Trinajstić information content (AvgIpc) is 3.13. The molecule has 1 saturated heterocycles. The number of carbonyl (C=O) groups is 1. The van der Waals surface area contributed by atoms with Crippen molar-refractivity contribution < 1.29 is 9.53 Å². The van der Waals surface area contributed by atoms with Crippen LogP contribution in [0.1, 0.15) is 16.9 Å². The number of esters is 1. The Balaban J connectivity index is 1.48. The summed E-state index contributed by atoms with van der Waals surface area (Å²) in [5.41, 5.74) is 1.02. The first-order chi connectivity index (χ1) is 11.1. The Labute approximate surface area is 156 Å². The molecule has 2 atom stereocenters. The molecule has 0 bridgehead atoms. The third kappa shape index (κ3) is 4.66. The molecule has 1 aliphatic rings. The number of benzene rings is 1. The summed E-state index contributed by atoms with van der Waals surface area (Å²) in [5, 5.41) is 3.29. The summed E-state index contributed by atoms with van der Waals surface area (Å²) in [6, 6.07) is 11.7. The van der Waals surface area contributed by atoms with Gasteiger partial charge in [-0.05, 0) is 68.8 Å². The Morgan fingerprint density at radius 2 is 2.09 bits per heavy atom. The van der Waals surface area contributed by atoms with Crippen LogP contribution in [0.4, 0.5) is 0 Å². The van der Waals surface area contributed by atoms with Gasteiger partial charge in [-0.3, -0.25) is 4.79 Å². The number of halogens is 2. The SMILES string of the molecule is O=C(OCc1ccccc1)[C@H]1C[C@H](Cc2cc(Br)c(Br)s2)CN1. The number of rotatable bonds is 5. The van der Waals surface area contributed by atoms with E-state index in [2.05, 4.69) is 43.2 Å². The number of ether oxygens (including phenoxy) is 1. The number of hydrogen-bond acceptors (Lipinski definition) is 4. The Bertz CT molecular complexity index is 655. The topological polar surface area (TPSA) is 38.3 Å². The quantitative estimate of drug-likeness (QED) is 0.668. The maximum Gasteiger partial charge on any atom is 0.323 e. The maximum absolute atomic E-state index is 12.2. The van der Waals surface area contributed by atoms with Crippen LogP contribution in [0.15, 0.2) is 44.7 Å². The third-order valence-electron chi connectivity index (χ3n) is 3.92. The van der Waals surface area contributed by atoms with E-state index in [1.54, 1.807) is 11.3 Å². The summed E-state index contributed by atoms with van der Waals surface area (Å²) >= 11 is 8.79. The third-order valence-corrected chi connectivity index (χ3v) is 7.19. The highest BCUT2D eigenvalue weighted by Crippen LogP contribution is 2.34. The normalized spacial score (nSPS) is 20.6. The molecule has 122 valence electrons. The summed E-state index contributed by atoms with van der Waals surface area (Å²) in [6.07, 6.45) is 1.82. The zero-order valence-corrected chi connectivity index (χ0v) is 16.4. The van der Waals surface area contributed by atoms with Crippen LogP contribution in [0.2, 0.25) is 0 Å². The predicted molar refractivity (Wildman–Crippen MR) is 99.6 cm³/mol. The van der Waals surface area contributed by atoms with E-state index in [-0.39, 0.29) is 12.0 Å². The number of nitrogens with one attached hydrogen (secondary N) is 1. The molecule has 1 aliphatic heterocycles. The smallest absolute Gasteiger partial charge is 0.323 e. The first-order valence-electron chi connectivity index (χ1n) is 7.49. The largest absolute Gasteiger partial charge is 0.460 e.